The minimum absolute atomic E-state index is 0. The Balaban J connectivity index is 0.00000280. The van der Waals surface area contributed by atoms with Crippen LogP contribution in [0.4, 0.5) is 0 Å². The van der Waals surface area contributed by atoms with Crippen LogP contribution in [0.25, 0.3) is 5.65 Å². The molecule has 0 bridgehead atoms. The van der Waals surface area contributed by atoms with E-state index in [0.717, 1.165) is 23.0 Å². The Bertz CT molecular complexity index is 897. The number of nitrogens with one attached hydrogen (secondary N) is 2. The van der Waals surface area contributed by atoms with Crippen molar-refractivity contribution in [3.8, 4) is 11.5 Å². The number of hydrogen-bond acceptors (Lipinski definition) is 5. The molecule has 0 aliphatic rings. The quantitative estimate of drug-likeness (QED) is 0.297. The van der Waals surface area contributed by atoms with Gasteiger partial charge in [0.2, 0.25) is 0 Å². The van der Waals surface area contributed by atoms with Crippen LogP contribution in [0.3, 0.4) is 0 Å². The molecular weight excluding hydrogens is 471 g/mol. The van der Waals surface area contributed by atoms with Crippen LogP contribution in [0.5, 0.6) is 11.5 Å². The van der Waals surface area contributed by atoms with E-state index in [1.807, 2.05) is 60.0 Å². The highest BCUT2D eigenvalue weighted by Crippen LogP contribution is 2.17. The van der Waals surface area contributed by atoms with Gasteiger partial charge in [0.1, 0.15) is 17.6 Å². The van der Waals surface area contributed by atoms with Crippen molar-refractivity contribution in [3.63, 3.8) is 0 Å². The molecule has 28 heavy (non-hydrogen) atoms. The SMILES string of the molecule is CN=C(NCc1nnc2ccccn12)NCC(C)Oc1ccc(OC)cc1.I. The molecule has 2 aromatic heterocycles. The van der Waals surface area contributed by atoms with Gasteiger partial charge in [-0.15, -0.1) is 34.2 Å². The number of fused-ring (bicyclic) bond motifs is 1. The van der Waals surface area contributed by atoms with Gasteiger partial charge in [0.25, 0.3) is 0 Å². The average molecular weight is 496 g/mol. The van der Waals surface area contributed by atoms with Crippen LogP contribution in [0.2, 0.25) is 0 Å². The Morgan fingerprint density at radius 2 is 1.86 bits per heavy atom. The number of ether oxygens (including phenoxy) is 2. The maximum absolute atomic E-state index is 5.89. The normalized spacial score (nSPS) is 12.2. The lowest BCUT2D eigenvalue weighted by Crippen LogP contribution is -2.41. The lowest BCUT2D eigenvalue weighted by Gasteiger charge is -2.17. The predicted molar refractivity (Wildman–Crippen MR) is 120 cm³/mol. The zero-order valence-electron chi connectivity index (χ0n) is 16.1. The zero-order chi connectivity index (χ0) is 19.1. The number of benzene rings is 1. The number of nitrogens with zero attached hydrogens (tertiary/aromatic N) is 4. The number of rotatable bonds is 7. The van der Waals surface area contributed by atoms with Gasteiger partial charge in [0.15, 0.2) is 17.4 Å². The lowest BCUT2D eigenvalue weighted by atomic mass is 10.3. The van der Waals surface area contributed by atoms with Crippen molar-refractivity contribution >= 4 is 35.6 Å². The first-order chi connectivity index (χ1) is 13.2. The molecule has 2 heterocycles. The van der Waals surface area contributed by atoms with Gasteiger partial charge < -0.3 is 20.1 Å². The highest BCUT2D eigenvalue weighted by atomic mass is 127. The van der Waals surface area contributed by atoms with Crippen LogP contribution < -0.4 is 20.1 Å². The molecule has 1 unspecified atom stereocenters. The van der Waals surface area contributed by atoms with Crippen LogP contribution >= 0.6 is 24.0 Å². The molecule has 0 saturated carbocycles. The van der Waals surface area contributed by atoms with Gasteiger partial charge >= 0.3 is 0 Å². The number of pyridine rings is 1. The van der Waals surface area contributed by atoms with E-state index in [2.05, 4.69) is 25.8 Å². The van der Waals surface area contributed by atoms with E-state index in [-0.39, 0.29) is 30.1 Å². The molecule has 1 aromatic carbocycles. The fourth-order valence-corrected chi connectivity index (χ4v) is 2.56. The standard InChI is InChI=1S/C19H24N6O2.HI/c1-14(27-16-9-7-15(26-3)8-10-16)12-21-19(20-2)22-13-18-24-23-17-6-4-5-11-25(17)18;/h4-11,14H,12-13H2,1-3H3,(H2,20,21,22);1H. The van der Waals surface area contributed by atoms with Gasteiger partial charge in [0, 0.05) is 13.2 Å². The third-order valence-electron chi connectivity index (χ3n) is 3.98. The number of hydrogen-bond donors (Lipinski definition) is 2. The Morgan fingerprint density at radius 3 is 2.57 bits per heavy atom. The Morgan fingerprint density at radius 1 is 1.11 bits per heavy atom. The summed E-state index contributed by atoms with van der Waals surface area (Å²) in [4.78, 5) is 4.23. The van der Waals surface area contributed by atoms with Gasteiger partial charge in [-0.1, -0.05) is 6.07 Å². The van der Waals surface area contributed by atoms with Crippen LogP contribution in [0.1, 0.15) is 12.7 Å². The minimum Gasteiger partial charge on any atom is -0.497 e. The second kappa shape index (κ2) is 10.7. The molecule has 3 rings (SSSR count). The van der Waals surface area contributed by atoms with Gasteiger partial charge in [0.05, 0.1) is 20.2 Å². The number of guanidine groups is 1. The second-order valence-electron chi connectivity index (χ2n) is 5.96. The summed E-state index contributed by atoms with van der Waals surface area (Å²) in [6, 6.07) is 13.3. The summed E-state index contributed by atoms with van der Waals surface area (Å²) in [7, 11) is 3.37. The Labute approximate surface area is 181 Å². The maximum atomic E-state index is 5.89. The fraction of sp³-hybridized carbons (Fsp3) is 0.316. The molecular formula is C19H25IN6O2. The van der Waals surface area contributed by atoms with Crippen molar-refractivity contribution in [2.75, 3.05) is 20.7 Å². The molecule has 0 amide bonds. The molecule has 150 valence electrons. The summed E-state index contributed by atoms with van der Waals surface area (Å²) in [5.41, 5.74) is 0.818. The molecule has 0 saturated heterocycles. The zero-order valence-corrected chi connectivity index (χ0v) is 18.5. The van der Waals surface area contributed by atoms with Gasteiger partial charge in [-0.2, -0.15) is 0 Å². The number of aliphatic imine (C=N–C) groups is 1. The topological polar surface area (TPSA) is 85.1 Å². The molecule has 0 aliphatic carbocycles. The first kappa shape index (κ1) is 21.7. The largest absolute Gasteiger partial charge is 0.497 e. The highest BCUT2D eigenvalue weighted by Gasteiger charge is 2.08. The first-order valence-electron chi connectivity index (χ1n) is 8.73. The number of halogens is 1. The van der Waals surface area contributed by atoms with E-state index in [4.69, 9.17) is 9.47 Å². The van der Waals surface area contributed by atoms with E-state index in [9.17, 15) is 0 Å². The molecule has 0 fully saturated rings. The van der Waals surface area contributed by atoms with E-state index >= 15 is 0 Å². The van der Waals surface area contributed by atoms with Crippen LogP contribution in [-0.4, -0.2) is 47.4 Å². The fourth-order valence-electron chi connectivity index (χ4n) is 2.56. The lowest BCUT2D eigenvalue weighted by molar-refractivity contribution is 0.223. The summed E-state index contributed by atoms with van der Waals surface area (Å²) in [6.07, 6.45) is 1.90. The maximum Gasteiger partial charge on any atom is 0.191 e. The summed E-state index contributed by atoms with van der Waals surface area (Å²) >= 11 is 0. The Kier molecular flexibility index (Phi) is 8.30. The van der Waals surface area contributed by atoms with Crippen LogP contribution in [0.15, 0.2) is 53.7 Å². The van der Waals surface area contributed by atoms with Gasteiger partial charge in [-0.25, -0.2) is 0 Å². The van der Waals surface area contributed by atoms with Crippen LogP contribution in [0, 0.1) is 0 Å². The summed E-state index contributed by atoms with van der Waals surface area (Å²) in [5.74, 6) is 3.09. The van der Waals surface area contributed by atoms with E-state index in [0.29, 0.717) is 19.0 Å². The molecule has 0 spiro atoms. The molecule has 3 aromatic rings. The summed E-state index contributed by atoms with van der Waals surface area (Å²) < 4.78 is 13.0. The molecule has 2 N–H and O–H groups in total. The van der Waals surface area contributed by atoms with Crippen molar-refractivity contribution < 1.29 is 9.47 Å². The third kappa shape index (κ3) is 5.72. The van der Waals surface area contributed by atoms with E-state index in [1.54, 1.807) is 14.2 Å². The number of aromatic nitrogens is 3. The van der Waals surface area contributed by atoms with Gasteiger partial charge in [-0.05, 0) is 43.3 Å². The predicted octanol–water partition coefficient (Wildman–Crippen LogP) is 2.49. The molecule has 9 heteroatoms. The Hall–Kier alpha value is -2.56. The van der Waals surface area contributed by atoms with E-state index in [1.165, 1.54) is 0 Å². The van der Waals surface area contributed by atoms with Crippen molar-refractivity contribution in [1.29, 1.82) is 0 Å². The van der Waals surface area contributed by atoms with Gasteiger partial charge in [-0.3, -0.25) is 9.39 Å². The van der Waals surface area contributed by atoms with Crippen molar-refractivity contribution in [2.45, 2.75) is 19.6 Å². The molecule has 8 nitrogen and oxygen atoms in total. The second-order valence-corrected chi connectivity index (χ2v) is 5.96. The molecule has 0 radical (unpaired) electrons. The van der Waals surface area contributed by atoms with E-state index < -0.39 is 0 Å². The monoisotopic (exact) mass is 496 g/mol. The molecule has 0 aliphatic heterocycles. The summed E-state index contributed by atoms with van der Waals surface area (Å²) in [6.45, 7) is 3.11. The first-order valence-corrected chi connectivity index (χ1v) is 8.73. The summed E-state index contributed by atoms with van der Waals surface area (Å²) in [5, 5.41) is 14.8. The third-order valence-corrected chi connectivity index (χ3v) is 3.98. The minimum atomic E-state index is -0.0362. The number of methoxy groups -OCH3 is 1. The van der Waals surface area contributed by atoms with Crippen molar-refractivity contribution in [1.82, 2.24) is 25.2 Å². The van der Waals surface area contributed by atoms with Crippen LogP contribution in [-0.2, 0) is 6.54 Å². The smallest absolute Gasteiger partial charge is 0.191 e. The molecule has 1 atom stereocenters. The average Bonchev–Trinajstić information content (AvgIpc) is 3.12. The van der Waals surface area contributed by atoms with Crippen molar-refractivity contribution in [3.05, 3.63) is 54.5 Å². The highest BCUT2D eigenvalue weighted by molar-refractivity contribution is 14.0. The van der Waals surface area contributed by atoms with Crippen molar-refractivity contribution in [2.24, 2.45) is 4.99 Å².